The SMILES string of the molecule is Cc1nc2ccccc2cc1C(=O)NCCC1CCCC1. The molecule has 1 aliphatic rings. The quantitative estimate of drug-likeness (QED) is 0.925. The average Bonchev–Trinajstić information content (AvgIpc) is 2.99. The number of hydrogen-bond donors (Lipinski definition) is 1. The highest BCUT2D eigenvalue weighted by atomic mass is 16.1. The van der Waals surface area contributed by atoms with Crippen LogP contribution in [0.4, 0.5) is 0 Å². The number of nitrogens with one attached hydrogen (secondary N) is 1. The molecule has 1 aromatic carbocycles. The zero-order valence-corrected chi connectivity index (χ0v) is 12.6. The van der Waals surface area contributed by atoms with Gasteiger partial charge < -0.3 is 5.32 Å². The van der Waals surface area contributed by atoms with E-state index in [2.05, 4.69) is 10.3 Å². The second-order valence-electron chi connectivity index (χ2n) is 6.01. The Morgan fingerprint density at radius 3 is 2.86 bits per heavy atom. The number of benzene rings is 1. The summed E-state index contributed by atoms with van der Waals surface area (Å²) < 4.78 is 0. The Labute approximate surface area is 125 Å². The van der Waals surface area contributed by atoms with Crippen LogP contribution in [0.15, 0.2) is 30.3 Å². The van der Waals surface area contributed by atoms with Crippen LogP contribution in [0.2, 0.25) is 0 Å². The molecule has 1 aromatic heterocycles. The number of para-hydroxylation sites is 1. The van der Waals surface area contributed by atoms with Crippen LogP contribution >= 0.6 is 0 Å². The monoisotopic (exact) mass is 282 g/mol. The summed E-state index contributed by atoms with van der Waals surface area (Å²) in [5.41, 5.74) is 2.43. The topological polar surface area (TPSA) is 42.0 Å². The lowest BCUT2D eigenvalue weighted by molar-refractivity contribution is 0.0950. The Kier molecular flexibility index (Phi) is 4.18. The number of amides is 1. The van der Waals surface area contributed by atoms with Crippen LogP contribution in [0.3, 0.4) is 0 Å². The fourth-order valence-electron chi connectivity index (χ4n) is 3.23. The zero-order valence-electron chi connectivity index (χ0n) is 12.6. The Bertz CT molecular complexity index is 645. The molecule has 0 unspecified atom stereocenters. The van der Waals surface area contributed by atoms with Crippen molar-refractivity contribution < 1.29 is 4.79 Å². The first-order valence-electron chi connectivity index (χ1n) is 7.88. The first-order chi connectivity index (χ1) is 10.2. The van der Waals surface area contributed by atoms with Crippen LogP contribution in [0.1, 0.15) is 48.2 Å². The molecule has 1 heterocycles. The lowest BCUT2D eigenvalue weighted by Gasteiger charge is -2.11. The summed E-state index contributed by atoms with van der Waals surface area (Å²) in [6, 6.07) is 9.86. The highest BCUT2D eigenvalue weighted by Gasteiger charge is 2.16. The Morgan fingerprint density at radius 1 is 1.29 bits per heavy atom. The maximum Gasteiger partial charge on any atom is 0.253 e. The van der Waals surface area contributed by atoms with Gasteiger partial charge in [-0.25, -0.2) is 0 Å². The number of pyridine rings is 1. The first kappa shape index (κ1) is 14.1. The van der Waals surface area contributed by atoms with Crippen molar-refractivity contribution in [3.05, 3.63) is 41.6 Å². The predicted molar refractivity (Wildman–Crippen MR) is 85.4 cm³/mol. The second-order valence-corrected chi connectivity index (χ2v) is 6.01. The summed E-state index contributed by atoms with van der Waals surface area (Å²) in [7, 11) is 0. The van der Waals surface area contributed by atoms with Crippen LogP contribution in [0.5, 0.6) is 0 Å². The Balaban J connectivity index is 1.67. The number of nitrogens with zero attached hydrogens (tertiary/aromatic N) is 1. The molecule has 3 rings (SSSR count). The van der Waals surface area contributed by atoms with Gasteiger partial charge in [-0.2, -0.15) is 0 Å². The molecule has 3 heteroatoms. The third kappa shape index (κ3) is 3.23. The molecule has 1 amide bonds. The van der Waals surface area contributed by atoms with Crippen LogP contribution in [-0.2, 0) is 0 Å². The summed E-state index contributed by atoms with van der Waals surface area (Å²) in [5.74, 6) is 0.810. The van der Waals surface area contributed by atoms with E-state index in [-0.39, 0.29) is 5.91 Å². The van der Waals surface area contributed by atoms with E-state index in [1.54, 1.807) is 0 Å². The standard InChI is InChI=1S/C18H22N2O/c1-13-16(12-15-8-4-5-9-17(15)20-13)18(21)19-11-10-14-6-2-3-7-14/h4-5,8-9,12,14H,2-3,6-7,10-11H2,1H3,(H,19,21). The molecule has 0 spiro atoms. The lowest BCUT2D eigenvalue weighted by atomic mass is 10.0. The summed E-state index contributed by atoms with van der Waals surface area (Å²) in [5, 5.41) is 4.07. The number of fused-ring (bicyclic) bond motifs is 1. The van der Waals surface area contributed by atoms with E-state index in [9.17, 15) is 4.79 Å². The smallest absolute Gasteiger partial charge is 0.253 e. The first-order valence-corrected chi connectivity index (χ1v) is 7.88. The number of carbonyl (C=O) groups excluding carboxylic acids is 1. The van der Waals surface area contributed by atoms with Gasteiger partial charge in [0.05, 0.1) is 16.8 Å². The third-order valence-electron chi connectivity index (χ3n) is 4.47. The van der Waals surface area contributed by atoms with E-state index < -0.39 is 0 Å². The number of hydrogen-bond acceptors (Lipinski definition) is 2. The Hall–Kier alpha value is -1.90. The van der Waals surface area contributed by atoms with Crippen LogP contribution < -0.4 is 5.32 Å². The number of rotatable bonds is 4. The molecule has 21 heavy (non-hydrogen) atoms. The van der Waals surface area contributed by atoms with E-state index in [1.807, 2.05) is 37.3 Å². The number of aryl methyl sites for hydroxylation is 1. The maximum absolute atomic E-state index is 12.3. The molecular formula is C18H22N2O. The van der Waals surface area contributed by atoms with Gasteiger partial charge in [0.15, 0.2) is 0 Å². The normalized spacial score (nSPS) is 15.5. The summed E-state index contributed by atoms with van der Waals surface area (Å²) in [6.45, 7) is 2.67. The molecule has 0 saturated heterocycles. The minimum Gasteiger partial charge on any atom is -0.352 e. The Morgan fingerprint density at radius 2 is 2.05 bits per heavy atom. The minimum absolute atomic E-state index is 0.00347. The summed E-state index contributed by atoms with van der Waals surface area (Å²) >= 11 is 0. The van der Waals surface area contributed by atoms with Gasteiger partial charge in [-0.15, -0.1) is 0 Å². The molecule has 2 aromatic rings. The molecule has 110 valence electrons. The highest BCUT2D eigenvalue weighted by Crippen LogP contribution is 2.27. The van der Waals surface area contributed by atoms with Crippen molar-refractivity contribution in [2.24, 2.45) is 5.92 Å². The van der Waals surface area contributed by atoms with Gasteiger partial charge in [-0.3, -0.25) is 9.78 Å². The molecule has 1 N–H and O–H groups in total. The summed E-state index contributed by atoms with van der Waals surface area (Å²) in [4.78, 5) is 16.9. The van der Waals surface area contributed by atoms with Gasteiger partial charge in [0.25, 0.3) is 5.91 Å². The molecule has 0 radical (unpaired) electrons. The van der Waals surface area contributed by atoms with Gasteiger partial charge >= 0.3 is 0 Å². The van der Waals surface area contributed by atoms with Gasteiger partial charge in [0.2, 0.25) is 0 Å². The van der Waals surface area contributed by atoms with Crippen LogP contribution in [-0.4, -0.2) is 17.4 Å². The van der Waals surface area contributed by atoms with Gasteiger partial charge in [0, 0.05) is 11.9 Å². The number of aromatic nitrogens is 1. The van der Waals surface area contributed by atoms with Crippen molar-refractivity contribution in [3.8, 4) is 0 Å². The number of carbonyl (C=O) groups is 1. The molecule has 1 fully saturated rings. The van der Waals surface area contributed by atoms with Crippen molar-refractivity contribution >= 4 is 16.8 Å². The molecular weight excluding hydrogens is 260 g/mol. The van der Waals surface area contributed by atoms with Crippen LogP contribution in [0.25, 0.3) is 10.9 Å². The zero-order chi connectivity index (χ0) is 14.7. The van der Waals surface area contributed by atoms with E-state index in [1.165, 1.54) is 25.7 Å². The summed E-state index contributed by atoms with van der Waals surface area (Å²) in [6.07, 6.45) is 6.46. The molecule has 1 saturated carbocycles. The fourth-order valence-corrected chi connectivity index (χ4v) is 3.23. The van der Waals surface area contributed by atoms with Crippen molar-refractivity contribution in [3.63, 3.8) is 0 Å². The molecule has 0 aliphatic heterocycles. The van der Waals surface area contributed by atoms with Gasteiger partial charge in [-0.1, -0.05) is 43.9 Å². The van der Waals surface area contributed by atoms with Crippen molar-refractivity contribution in [1.82, 2.24) is 10.3 Å². The largest absolute Gasteiger partial charge is 0.352 e. The second kappa shape index (κ2) is 6.25. The highest BCUT2D eigenvalue weighted by molar-refractivity contribution is 5.98. The van der Waals surface area contributed by atoms with Crippen molar-refractivity contribution in [2.45, 2.75) is 39.0 Å². The molecule has 3 nitrogen and oxygen atoms in total. The average molecular weight is 282 g/mol. The van der Waals surface area contributed by atoms with E-state index >= 15 is 0 Å². The van der Waals surface area contributed by atoms with Crippen molar-refractivity contribution in [2.75, 3.05) is 6.54 Å². The van der Waals surface area contributed by atoms with Crippen molar-refractivity contribution in [1.29, 1.82) is 0 Å². The predicted octanol–water partition coefficient (Wildman–Crippen LogP) is 3.85. The lowest BCUT2D eigenvalue weighted by Crippen LogP contribution is -2.26. The molecule has 1 aliphatic carbocycles. The van der Waals surface area contributed by atoms with E-state index in [4.69, 9.17) is 0 Å². The van der Waals surface area contributed by atoms with Crippen LogP contribution in [0, 0.1) is 12.8 Å². The molecule has 0 atom stereocenters. The van der Waals surface area contributed by atoms with Gasteiger partial charge in [-0.05, 0) is 31.4 Å². The minimum atomic E-state index is 0.00347. The molecule has 0 bridgehead atoms. The maximum atomic E-state index is 12.3. The van der Waals surface area contributed by atoms with E-state index in [0.717, 1.165) is 35.5 Å². The van der Waals surface area contributed by atoms with E-state index in [0.29, 0.717) is 5.56 Å². The fraction of sp³-hybridized carbons (Fsp3) is 0.444. The third-order valence-corrected chi connectivity index (χ3v) is 4.47. The van der Waals surface area contributed by atoms with Gasteiger partial charge in [0.1, 0.15) is 0 Å².